The van der Waals surface area contributed by atoms with Crippen LogP contribution in [-0.4, -0.2) is 49.8 Å². The van der Waals surface area contributed by atoms with Crippen molar-refractivity contribution in [1.82, 2.24) is 10.3 Å². The molecule has 1 aromatic rings. The molecule has 1 aromatic heterocycles. The number of hydrogen-bond acceptors (Lipinski definition) is 5. The highest BCUT2D eigenvalue weighted by molar-refractivity contribution is 5.89. The second kappa shape index (κ2) is 8.26. The predicted octanol–water partition coefficient (Wildman–Crippen LogP) is 1.78. The summed E-state index contributed by atoms with van der Waals surface area (Å²) in [4.78, 5) is 18.7. The lowest BCUT2D eigenvalue weighted by Crippen LogP contribution is -2.43. The molecule has 2 aliphatic rings. The van der Waals surface area contributed by atoms with Crippen molar-refractivity contribution in [3.63, 3.8) is 0 Å². The summed E-state index contributed by atoms with van der Waals surface area (Å²) in [6.45, 7) is 4.83. The average Bonchev–Trinajstić information content (AvgIpc) is 2.62. The Labute approximate surface area is 137 Å². The second-order valence-electron chi connectivity index (χ2n) is 6.21. The van der Waals surface area contributed by atoms with E-state index in [0.29, 0.717) is 12.2 Å². The van der Waals surface area contributed by atoms with Gasteiger partial charge in [-0.05, 0) is 37.8 Å². The van der Waals surface area contributed by atoms with Crippen LogP contribution in [0.25, 0.3) is 0 Å². The van der Waals surface area contributed by atoms with Gasteiger partial charge in [0.1, 0.15) is 5.82 Å². The largest absolute Gasteiger partial charge is 0.378 e. The molecule has 3 rings (SSSR count). The fourth-order valence-corrected chi connectivity index (χ4v) is 3.10. The van der Waals surface area contributed by atoms with Gasteiger partial charge in [-0.25, -0.2) is 4.98 Å². The van der Waals surface area contributed by atoms with Crippen molar-refractivity contribution in [3.05, 3.63) is 18.3 Å². The monoisotopic (exact) mass is 318 g/mol. The topological polar surface area (TPSA) is 66.5 Å². The minimum Gasteiger partial charge on any atom is -0.378 e. The molecule has 0 aromatic carbocycles. The van der Waals surface area contributed by atoms with Gasteiger partial charge in [0.15, 0.2) is 0 Å². The van der Waals surface area contributed by atoms with Crippen LogP contribution in [0.3, 0.4) is 0 Å². The Morgan fingerprint density at radius 3 is 2.91 bits per heavy atom. The number of hydrogen-bond donors (Lipinski definition) is 2. The van der Waals surface area contributed by atoms with E-state index in [2.05, 4.69) is 20.5 Å². The van der Waals surface area contributed by atoms with Gasteiger partial charge >= 0.3 is 0 Å². The summed E-state index contributed by atoms with van der Waals surface area (Å²) in [5.41, 5.74) is 1.11. The van der Waals surface area contributed by atoms with Crippen molar-refractivity contribution in [2.75, 3.05) is 43.0 Å². The quantitative estimate of drug-likeness (QED) is 0.866. The Hall–Kier alpha value is -1.66. The molecule has 0 bridgehead atoms. The first-order valence-electron chi connectivity index (χ1n) is 8.64. The van der Waals surface area contributed by atoms with Crippen LogP contribution in [0.4, 0.5) is 11.5 Å². The Kier molecular flexibility index (Phi) is 5.82. The molecule has 2 N–H and O–H groups in total. The van der Waals surface area contributed by atoms with E-state index in [1.807, 2.05) is 18.3 Å². The molecule has 0 radical (unpaired) electrons. The summed E-state index contributed by atoms with van der Waals surface area (Å²) in [5, 5.41) is 6.21. The number of nitrogens with one attached hydrogen (secondary N) is 2. The zero-order valence-corrected chi connectivity index (χ0v) is 13.6. The summed E-state index contributed by atoms with van der Waals surface area (Å²) < 4.78 is 5.66. The predicted molar refractivity (Wildman–Crippen MR) is 90.8 cm³/mol. The average molecular weight is 318 g/mol. The minimum atomic E-state index is 0.0154. The second-order valence-corrected chi connectivity index (χ2v) is 6.21. The van der Waals surface area contributed by atoms with Crippen LogP contribution in [0.15, 0.2) is 18.3 Å². The minimum absolute atomic E-state index is 0.0154. The third kappa shape index (κ3) is 4.91. The zero-order valence-electron chi connectivity index (χ0n) is 13.6. The van der Waals surface area contributed by atoms with Gasteiger partial charge in [-0.15, -0.1) is 0 Å². The van der Waals surface area contributed by atoms with Crippen molar-refractivity contribution in [3.8, 4) is 0 Å². The molecule has 3 heterocycles. The lowest BCUT2D eigenvalue weighted by atomic mass is 10.0. The molecular formula is C17H26N4O2. The summed E-state index contributed by atoms with van der Waals surface area (Å²) in [5.74, 6) is 0.639. The normalized spacial score (nSPS) is 21.9. The maximum Gasteiger partial charge on any atom is 0.225 e. The van der Waals surface area contributed by atoms with Gasteiger partial charge in [-0.3, -0.25) is 4.79 Å². The number of ether oxygens (including phenoxy) is 1. The maximum absolute atomic E-state index is 12.0. The molecular weight excluding hydrogens is 292 g/mol. The smallest absolute Gasteiger partial charge is 0.225 e. The Morgan fingerprint density at radius 1 is 1.35 bits per heavy atom. The molecule has 126 valence electrons. The number of piperazine rings is 1. The standard InChI is InChI=1S/C17H26N4O2/c22-17(7-5-15-3-1-2-12-23-15)20-16-6-4-14(13-19-16)21-10-8-18-9-11-21/h4,6,13,15,18H,1-3,5,7-12H2,(H,19,20,22). The third-order valence-corrected chi connectivity index (χ3v) is 4.46. The number of nitrogens with zero attached hydrogens (tertiary/aromatic N) is 2. The van der Waals surface area contributed by atoms with Gasteiger partial charge in [-0.2, -0.15) is 0 Å². The first-order chi connectivity index (χ1) is 11.3. The SMILES string of the molecule is O=C(CCC1CCCCO1)Nc1ccc(N2CCNCC2)cn1. The zero-order chi connectivity index (χ0) is 15.9. The highest BCUT2D eigenvalue weighted by Crippen LogP contribution is 2.18. The number of rotatable bonds is 5. The molecule has 0 saturated carbocycles. The molecule has 6 nitrogen and oxygen atoms in total. The van der Waals surface area contributed by atoms with Crippen molar-refractivity contribution in [2.24, 2.45) is 0 Å². The molecule has 1 atom stereocenters. The Morgan fingerprint density at radius 2 is 2.22 bits per heavy atom. The first-order valence-corrected chi connectivity index (χ1v) is 8.64. The van der Waals surface area contributed by atoms with Gasteiger partial charge in [0, 0.05) is 39.2 Å². The van der Waals surface area contributed by atoms with Gasteiger partial charge in [0.2, 0.25) is 5.91 Å². The molecule has 0 aliphatic carbocycles. The van der Waals surface area contributed by atoms with E-state index in [9.17, 15) is 4.79 Å². The Bertz CT molecular complexity index is 494. The highest BCUT2D eigenvalue weighted by atomic mass is 16.5. The van der Waals surface area contributed by atoms with Crippen molar-refractivity contribution in [2.45, 2.75) is 38.2 Å². The third-order valence-electron chi connectivity index (χ3n) is 4.46. The van der Waals surface area contributed by atoms with Crippen LogP contribution in [0, 0.1) is 0 Å². The van der Waals surface area contributed by atoms with E-state index < -0.39 is 0 Å². The lowest BCUT2D eigenvalue weighted by molar-refractivity contribution is -0.117. The highest BCUT2D eigenvalue weighted by Gasteiger charge is 2.16. The van der Waals surface area contributed by atoms with Crippen molar-refractivity contribution in [1.29, 1.82) is 0 Å². The fraction of sp³-hybridized carbons (Fsp3) is 0.647. The van der Waals surface area contributed by atoms with Gasteiger partial charge in [-0.1, -0.05) is 0 Å². The van der Waals surface area contributed by atoms with Crippen LogP contribution >= 0.6 is 0 Å². The van der Waals surface area contributed by atoms with E-state index in [1.54, 1.807) is 0 Å². The fourth-order valence-electron chi connectivity index (χ4n) is 3.10. The Balaban J connectivity index is 1.44. The van der Waals surface area contributed by atoms with Crippen LogP contribution in [0.1, 0.15) is 32.1 Å². The van der Waals surface area contributed by atoms with E-state index in [1.165, 1.54) is 6.42 Å². The molecule has 2 aliphatic heterocycles. The maximum atomic E-state index is 12.0. The van der Waals surface area contributed by atoms with E-state index in [4.69, 9.17) is 4.74 Å². The summed E-state index contributed by atoms with van der Waals surface area (Å²) in [6.07, 6.45) is 6.80. The van der Waals surface area contributed by atoms with Crippen molar-refractivity contribution >= 4 is 17.4 Å². The number of carbonyl (C=O) groups excluding carboxylic acids is 1. The number of anilines is 2. The number of amides is 1. The first kappa shape index (κ1) is 16.2. The lowest BCUT2D eigenvalue weighted by Gasteiger charge is -2.29. The molecule has 23 heavy (non-hydrogen) atoms. The summed E-state index contributed by atoms with van der Waals surface area (Å²) >= 11 is 0. The summed E-state index contributed by atoms with van der Waals surface area (Å²) in [7, 11) is 0. The van der Waals surface area contributed by atoms with E-state index in [0.717, 1.165) is 57.7 Å². The summed E-state index contributed by atoms with van der Waals surface area (Å²) in [6, 6.07) is 3.91. The van der Waals surface area contributed by atoms with Crippen LogP contribution < -0.4 is 15.5 Å². The molecule has 2 fully saturated rings. The number of carbonyl (C=O) groups is 1. The van der Waals surface area contributed by atoms with Crippen LogP contribution in [0.5, 0.6) is 0 Å². The van der Waals surface area contributed by atoms with Crippen molar-refractivity contribution < 1.29 is 9.53 Å². The van der Waals surface area contributed by atoms with Gasteiger partial charge in [0.05, 0.1) is 18.0 Å². The molecule has 1 unspecified atom stereocenters. The van der Waals surface area contributed by atoms with E-state index >= 15 is 0 Å². The number of aromatic nitrogens is 1. The van der Waals surface area contributed by atoms with Gasteiger partial charge < -0.3 is 20.3 Å². The molecule has 0 spiro atoms. The molecule has 1 amide bonds. The van der Waals surface area contributed by atoms with Crippen LogP contribution in [-0.2, 0) is 9.53 Å². The van der Waals surface area contributed by atoms with E-state index in [-0.39, 0.29) is 12.0 Å². The molecule has 2 saturated heterocycles. The number of pyridine rings is 1. The van der Waals surface area contributed by atoms with Crippen LogP contribution in [0.2, 0.25) is 0 Å². The molecule has 6 heteroatoms. The van der Waals surface area contributed by atoms with Gasteiger partial charge in [0.25, 0.3) is 0 Å².